The smallest absolute Gasteiger partial charge is 0.234 e. The van der Waals surface area contributed by atoms with E-state index in [2.05, 4.69) is 24.5 Å². The van der Waals surface area contributed by atoms with Crippen LogP contribution in [0.15, 0.2) is 24.3 Å². The Kier molecular flexibility index (Phi) is 6.36. The number of benzene rings is 1. The molecule has 1 unspecified atom stereocenters. The van der Waals surface area contributed by atoms with Gasteiger partial charge in [-0.05, 0) is 38.0 Å². The van der Waals surface area contributed by atoms with Crippen LogP contribution in [-0.2, 0) is 4.79 Å². The number of ether oxygens (including phenoxy) is 1. The molecule has 2 N–H and O–H groups in total. The van der Waals surface area contributed by atoms with Crippen LogP contribution in [0.4, 0.5) is 0 Å². The zero-order valence-electron chi connectivity index (χ0n) is 12.2. The Morgan fingerprint density at radius 2 is 2.11 bits per heavy atom. The highest BCUT2D eigenvalue weighted by atomic mass is 16.5. The fourth-order valence-electron chi connectivity index (χ4n) is 1.70. The van der Waals surface area contributed by atoms with E-state index in [0.717, 1.165) is 17.7 Å². The molecule has 0 aliphatic carbocycles. The lowest BCUT2D eigenvalue weighted by molar-refractivity contribution is -0.121. The molecule has 1 aromatic rings. The lowest BCUT2D eigenvalue weighted by atomic mass is 10.1. The van der Waals surface area contributed by atoms with Crippen LogP contribution in [0.3, 0.4) is 0 Å². The van der Waals surface area contributed by atoms with Crippen LogP contribution in [0.25, 0.3) is 0 Å². The minimum atomic E-state index is -0.0265. The van der Waals surface area contributed by atoms with Crippen LogP contribution in [0.5, 0.6) is 5.75 Å². The molecule has 0 aromatic heterocycles. The van der Waals surface area contributed by atoms with E-state index >= 15 is 0 Å². The van der Waals surface area contributed by atoms with Crippen LogP contribution >= 0.6 is 0 Å². The second-order valence-corrected chi connectivity index (χ2v) is 4.76. The highest BCUT2D eigenvalue weighted by Gasteiger charge is 2.10. The third-order valence-corrected chi connectivity index (χ3v) is 3.19. The summed E-state index contributed by atoms with van der Waals surface area (Å²) in [5.74, 6) is 0.812. The van der Waals surface area contributed by atoms with Crippen molar-refractivity contribution in [3.63, 3.8) is 0 Å². The number of carbonyl (C=O) groups excluding carboxylic acids is 1. The van der Waals surface area contributed by atoms with E-state index in [1.807, 2.05) is 31.2 Å². The van der Waals surface area contributed by atoms with Crippen molar-refractivity contribution in [1.82, 2.24) is 10.6 Å². The summed E-state index contributed by atoms with van der Waals surface area (Å²) >= 11 is 0. The number of methoxy groups -OCH3 is 1. The van der Waals surface area contributed by atoms with Gasteiger partial charge in [-0.2, -0.15) is 0 Å². The normalized spacial score (nSPS) is 13.7. The summed E-state index contributed by atoms with van der Waals surface area (Å²) in [7, 11) is 1.64. The predicted octanol–water partition coefficient (Wildman–Crippen LogP) is 2.26. The Balaban J connectivity index is 2.49. The van der Waals surface area contributed by atoms with Gasteiger partial charge in [0.1, 0.15) is 5.75 Å². The molecule has 106 valence electrons. The zero-order chi connectivity index (χ0) is 14.3. The van der Waals surface area contributed by atoms with Gasteiger partial charge in [0.25, 0.3) is 0 Å². The zero-order valence-corrected chi connectivity index (χ0v) is 12.2. The first-order chi connectivity index (χ1) is 9.06. The summed E-state index contributed by atoms with van der Waals surface area (Å²) < 4.78 is 5.18. The van der Waals surface area contributed by atoms with Crippen LogP contribution in [0.2, 0.25) is 0 Å². The van der Waals surface area contributed by atoms with E-state index in [4.69, 9.17) is 4.74 Å². The molecule has 0 aliphatic heterocycles. The van der Waals surface area contributed by atoms with Crippen molar-refractivity contribution >= 4 is 5.91 Å². The molecule has 1 amide bonds. The van der Waals surface area contributed by atoms with E-state index in [0.29, 0.717) is 12.6 Å². The number of hydrogen-bond acceptors (Lipinski definition) is 3. The highest BCUT2D eigenvalue weighted by Crippen LogP contribution is 2.18. The molecule has 19 heavy (non-hydrogen) atoms. The first kappa shape index (κ1) is 15.5. The number of hydrogen-bond donors (Lipinski definition) is 2. The van der Waals surface area contributed by atoms with Gasteiger partial charge in [-0.15, -0.1) is 0 Å². The van der Waals surface area contributed by atoms with Crippen molar-refractivity contribution in [1.29, 1.82) is 0 Å². The maximum Gasteiger partial charge on any atom is 0.234 e. The van der Waals surface area contributed by atoms with E-state index in [1.54, 1.807) is 7.11 Å². The first-order valence-corrected chi connectivity index (χ1v) is 6.73. The Morgan fingerprint density at radius 1 is 1.37 bits per heavy atom. The van der Waals surface area contributed by atoms with Gasteiger partial charge in [0.05, 0.1) is 19.7 Å². The minimum Gasteiger partial charge on any atom is -0.497 e. The molecular formula is C15H24N2O2. The van der Waals surface area contributed by atoms with E-state index in [-0.39, 0.29) is 11.9 Å². The summed E-state index contributed by atoms with van der Waals surface area (Å²) in [6.07, 6.45) is 1.01. The average molecular weight is 264 g/mol. The summed E-state index contributed by atoms with van der Waals surface area (Å²) in [5.41, 5.74) is 1.04. The Labute approximate surface area is 115 Å². The molecule has 0 fully saturated rings. The molecule has 0 heterocycles. The van der Waals surface area contributed by atoms with Crippen LogP contribution in [0.1, 0.15) is 38.8 Å². The van der Waals surface area contributed by atoms with Gasteiger partial charge in [0, 0.05) is 6.04 Å². The predicted molar refractivity (Wildman–Crippen MR) is 77.3 cm³/mol. The van der Waals surface area contributed by atoms with Gasteiger partial charge in [0.15, 0.2) is 0 Å². The fraction of sp³-hybridized carbons (Fsp3) is 0.533. The third kappa shape index (κ3) is 5.30. The summed E-state index contributed by atoms with van der Waals surface area (Å²) in [4.78, 5) is 11.8. The van der Waals surface area contributed by atoms with Crippen LogP contribution < -0.4 is 15.4 Å². The monoisotopic (exact) mass is 264 g/mol. The van der Waals surface area contributed by atoms with Crippen molar-refractivity contribution < 1.29 is 9.53 Å². The molecule has 0 bridgehead atoms. The van der Waals surface area contributed by atoms with E-state index in [9.17, 15) is 4.79 Å². The molecule has 0 saturated heterocycles. The van der Waals surface area contributed by atoms with Gasteiger partial charge in [-0.25, -0.2) is 0 Å². The number of nitrogens with one attached hydrogen (secondary N) is 2. The topological polar surface area (TPSA) is 50.4 Å². The van der Waals surface area contributed by atoms with Gasteiger partial charge in [0.2, 0.25) is 5.91 Å². The number of carbonyl (C=O) groups is 1. The molecule has 4 nitrogen and oxygen atoms in total. The summed E-state index contributed by atoms with van der Waals surface area (Å²) in [6.45, 7) is 6.48. The van der Waals surface area contributed by atoms with Gasteiger partial charge >= 0.3 is 0 Å². The lowest BCUT2D eigenvalue weighted by Crippen LogP contribution is -2.38. The van der Waals surface area contributed by atoms with E-state index in [1.165, 1.54) is 0 Å². The lowest BCUT2D eigenvalue weighted by Gasteiger charge is -2.16. The SMILES string of the molecule is CCC(C)NCC(=O)N[C@@H](C)c1cccc(OC)c1. The Morgan fingerprint density at radius 3 is 2.74 bits per heavy atom. The maximum absolute atomic E-state index is 11.8. The Bertz CT molecular complexity index is 407. The van der Waals surface area contributed by atoms with E-state index < -0.39 is 0 Å². The van der Waals surface area contributed by atoms with Crippen molar-refractivity contribution in [3.8, 4) is 5.75 Å². The largest absolute Gasteiger partial charge is 0.497 e. The highest BCUT2D eigenvalue weighted by molar-refractivity contribution is 5.78. The number of rotatable bonds is 7. The summed E-state index contributed by atoms with van der Waals surface area (Å²) in [6, 6.07) is 8.07. The van der Waals surface area contributed by atoms with Crippen molar-refractivity contribution in [2.75, 3.05) is 13.7 Å². The van der Waals surface area contributed by atoms with Gasteiger partial charge < -0.3 is 15.4 Å². The molecule has 0 saturated carbocycles. The molecule has 0 spiro atoms. The molecule has 1 rings (SSSR count). The maximum atomic E-state index is 11.8. The van der Waals surface area contributed by atoms with Crippen molar-refractivity contribution in [3.05, 3.63) is 29.8 Å². The first-order valence-electron chi connectivity index (χ1n) is 6.73. The molecule has 4 heteroatoms. The second-order valence-electron chi connectivity index (χ2n) is 4.76. The molecular weight excluding hydrogens is 240 g/mol. The minimum absolute atomic E-state index is 0.00983. The Hall–Kier alpha value is -1.55. The average Bonchev–Trinajstić information content (AvgIpc) is 2.44. The summed E-state index contributed by atoms with van der Waals surface area (Å²) in [5, 5.41) is 6.14. The fourth-order valence-corrected chi connectivity index (χ4v) is 1.70. The second kappa shape index (κ2) is 7.79. The molecule has 0 radical (unpaired) electrons. The van der Waals surface area contributed by atoms with Crippen molar-refractivity contribution in [2.45, 2.75) is 39.3 Å². The van der Waals surface area contributed by atoms with Crippen LogP contribution in [0, 0.1) is 0 Å². The third-order valence-electron chi connectivity index (χ3n) is 3.19. The quantitative estimate of drug-likeness (QED) is 0.794. The standard InChI is InChI=1S/C15H24N2O2/c1-5-11(2)16-10-15(18)17-12(3)13-7-6-8-14(9-13)19-4/h6-9,11-12,16H,5,10H2,1-4H3,(H,17,18)/t11?,12-/m0/s1. The van der Waals surface area contributed by atoms with Crippen molar-refractivity contribution in [2.24, 2.45) is 0 Å². The number of amides is 1. The van der Waals surface area contributed by atoms with Gasteiger partial charge in [-0.1, -0.05) is 19.1 Å². The molecule has 2 atom stereocenters. The molecule has 0 aliphatic rings. The van der Waals surface area contributed by atoms with Gasteiger partial charge in [-0.3, -0.25) is 4.79 Å². The van der Waals surface area contributed by atoms with Crippen LogP contribution in [-0.4, -0.2) is 25.6 Å². The molecule has 1 aromatic carbocycles.